The van der Waals surface area contributed by atoms with Crippen LogP contribution in [0.4, 0.5) is 0 Å². The predicted molar refractivity (Wildman–Crippen MR) is 68.6 cm³/mol. The van der Waals surface area contributed by atoms with Crippen LogP contribution in [0, 0.1) is 18.8 Å². The van der Waals surface area contributed by atoms with E-state index in [1.54, 1.807) is 24.3 Å². The summed E-state index contributed by atoms with van der Waals surface area (Å²) < 4.78 is 29.8. The predicted octanol–water partition coefficient (Wildman–Crippen LogP) is 2.66. The Labute approximate surface area is 108 Å². The van der Waals surface area contributed by atoms with Gasteiger partial charge in [0, 0.05) is 11.8 Å². The lowest BCUT2D eigenvalue weighted by Gasteiger charge is -2.16. The van der Waals surface area contributed by atoms with Crippen LogP contribution in [0.1, 0.15) is 18.4 Å². The molecule has 1 fully saturated rings. The Hall–Kier alpha value is -1.13. The van der Waals surface area contributed by atoms with Crippen LogP contribution in [0.15, 0.2) is 41.3 Å². The molecule has 1 aromatic rings. The Morgan fingerprint density at radius 3 is 2.11 bits per heavy atom. The third-order valence-electron chi connectivity index (χ3n) is 3.83. The van der Waals surface area contributed by atoms with Gasteiger partial charge in [0.15, 0.2) is 0 Å². The molecule has 0 saturated heterocycles. The number of hydrogen-bond donors (Lipinski definition) is 0. The normalized spacial score (nSPS) is 29.9. The highest BCUT2D eigenvalue weighted by Crippen LogP contribution is 2.42. The number of fused-ring (bicyclic) bond motifs is 2. The molecule has 0 amide bonds. The molecule has 0 aromatic heterocycles. The number of hydrogen-bond acceptors (Lipinski definition) is 3. The Kier molecular flexibility index (Phi) is 2.79. The zero-order chi connectivity index (χ0) is 12.8. The van der Waals surface area contributed by atoms with Gasteiger partial charge < -0.3 is 0 Å². The molecule has 96 valence electrons. The molecule has 2 aliphatic carbocycles. The summed E-state index contributed by atoms with van der Waals surface area (Å²) in [6.45, 7) is 1.93. The van der Waals surface area contributed by atoms with Crippen molar-refractivity contribution in [2.45, 2.75) is 30.8 Å². The van der Waals surface area contributed by atoms with E-state index in [0.717, 1.165) is 18.4 Å². The van der Waals surface area contributed by atoms with E-state index in [-0.39, 0.29) is 22.8 Å². The van der Waals surface area contributed by atoms with Crippen LogP contribution < -0.4 is 0 Å². The lowest BCUT2D eigenvalue weighted by molar-refractivity contribution is 0.172. The summed E-state index contributed by atoms with van der Waals surface area (Å²) in [6, 6.07) is 6.79. The molecule has 2 unspecified atom stereocenters. The molecule has 3 nitrogen and oxygen atoms in total. The van der Waals surface area contributed by atoms with E-state index in [1.165, 1.54) is 0 Å². The van der Waals surface area contributed by atoms with Crippen molar-refractivity contribution in [2.24, 2.45) is 11.8 Å². The van der Waals surface area contributed by atoms with Crippen molar-refractivity contribution in [3.05, 3.63) is 42.0 Å². The fourth-order valence-electron chi connectivity index (χ4n) is 2.78. The highest BCUT2D eigenvalue weighted by Gasteiger charge is 2.41. The van der Waals surface area contributed by atoms with Gasteiger partial charge in [0.25, 0.3) is 10.1 Å². The average molecular weight is 264 g/mol. The minimum atomic E-state index is -3.63. The average Bonchev–Trinajstić information content (AvgIpc) is 2.89. The maximum absolute atomic E-state index is 12.2. The van der Waals surface area contributed by atoms with Crippen molar-refractivity contribution in [2.75, 3.05) is 0 Å². The van der Waals surface area contributed by atoms with E-state index in [0.29, 0.717) is 0 Å². The lowest BCUT2D eigenvalue weighted by atomic mass is 10.1. The highest BCUT2D eigenvalue weighted by molar-refractivity contribution is 7.86. The highest BCUT2D eigenvalue weighted by atomic mass is 32.2. The molecule has 2 atom stereocenters. The molecule has 2 aliphatic rings. The van der Waals surface area contributed by atoms with Gasteiger partial charge in [0.1, 0.15) is 0 Å². The second-order valence-electron chi connectivity index (χ2n) is 5.12. The van der Waals surface area contributed by atoms with E-state index < -0.39 is 10.1 Å². The Morgan fingerprint density at radius 1 is 1.06 bits per heavy atom. The monoisotopic (exact) mass is 264 g/mol. The van der Waals surface area contributed by atoms with Crippen molar-refractivity contribution >= 4 is 10.1 Å². The molecule has 0 radical (unpaired) electrons. The molecule has 0 heterocycles. The standard InChI is InChI=1S/C14H16O3S/c1-10-2-8-13(9-3-10)18(15,16)17-14-11-4-5-12(14)7-6-11/h2-5,8-9,11-12,14H,6-7H2,1H3. The first-order chi connectivity index (χ1) is 8.56. The van der Waals surface area contributed by atoms with Gasteiger partial charge in [-0.15, -0.1) is 0 Å². The number of aryl methyl sites for hydroxylation is 1. The van der Waals surface area contributed by atoms with Gasteiger partial charge in [-0.2, -0.15) is 8.42 Å². The molecule has 18 heavy (non-hydrogen) atoms. The van der Waals surface area contributed by atoms with Crippen LogP contribution in [-0.4, -0.2) is 14.5 Å². The fraction of sp³-hybridized carbons (Fsp3) is 0.429. The topological polar surface area (TPSA) is 43.4 Å². The molecule has 0 spiro atoms. The van der Waals surface area contributed by atoms with E-state index in [4.69, 9.17) is 4.18 Å². The second kappa shape index (κ2) is 4.21. The summed E-state index contributed by atoms with van der Waals surface area (Å²) in [4.78, 5) is 0.249. The zero-order valence-electron chi connectivity index (χ0n) is 10.2. The van der Waals surface area contributed by atoms with E-state index in [1.807, 2.05) is 6.92 Å². The van der Waals surface area contributed by atoms with Crippen molar-refractivity contribution in [1.82, 2.24) is 0 Å². The first-order valence-corrected chi connectivity index (χ1v) is 7.65. The molecule has 1 aromatic carbocycles. The molecule has 1 saturated carbocycles. The van der Waals surface area contributed by atoms with Gasteiger partial charge >= 0.3 is 0 Å². The summed E-state index contributed by atoms with van der Waals surface area (Å²) in [7, 11) is -3.63. The van der Waals surface area contributed by atoms with Gasteiger partial charge in [-0.05, 0) is 31.9 Å². The maximum atomic E-state index is 12.2. The fourth-order valence-corrected chi connectivity index (χ4v) is 3.94. The Bertz CT molecular complexity index is 558. The van der Waals surface area contributed by atoms with Crippen LogP contribution in [0.2, 0.25) is 0 Å². The third-order valence-corrected chi connectivity index (χ3v) is 5.16. The van der Waals surface area contributed by atoms with Crippen LogP contribution in [0.25, 0.3) is 0 Å². The van der Waals surface area contributed by atoms with Crippen molar-refractivity contribution < 1.29 is 12.6 Å². The van der Waals surface area contributed by atoms with Gasteiger partial charge in [0.2, 0.25) is 0 Å². The van der Waals surface area contributed by atoms with E-state index in [2.05, 4.69) is 12.2 Å². The zero-order valence-corrected chi connectivity index (χ0v) is 11.1. The van der Waals surface area contributed by atoms with Crippen LogP contribution in [0.5, 0.6) is 0 Å². The van der Waals surface area contributed by atoms with Gasteiger partial charge in [-0.25, -0.2) is 0 Å². The SMILES string of the molecule is Cc1ccc(S(=O)(=O)OC2C3C=CC2CC3)cc1. The quantitative estimate of drug-likeness (QED) is 0.622. The molecular weight excluding hydrogens is 248 g/mol. The summed E-state index contributed by atoms with van der Waals surface area (Å²) in [5, 5.41) is 0. The van der Waals surface area contributed by atoms with Crippen molar-refractivity contribution in [1.29, 1.82) is 0 Å². The molecule has 0 N–H and O–H groups in total. The minimum absolute atomic E-state index is 0.184. The summed E-state index contributed by atoms with van der Waals surface area (Å²) in [5.74, 6) is 0.547. The summed E-state index contributed by atoms with van der Waals surface area (Å²) >= 11 is 0. The molecule has 0 aliphatic heterocycles. The van der Waals surface area contributed by atoms with Gasteiger partial charge in [0.05, 0.1) is 11.0 Å². The Balaban J connectivity index is 1.82. The number of rotatable bonds is 3. The first-order valence-electron chi connectivity index (χ1n) is 6.24. The van der Waals surface area contributed by atoms with Crippen LogP contribution in [0.3, 0.4) is 0 Å². The summed E-state index contributed by atoms with van der Waals surface area (Å²) in [5.41, 5.74) is 1.04. The van der Waals surface area contributed by atoms with Gasteiger partial charge in [-0.3, -0.25) is 4.18 Å². The minimum Gasteiger partial charge on any atom is -0.262 e. The Morgan fingerprint density at radius 2 is 1.61 bits per heavy atom. The maximum Gasteiger partial charge on any atom is 0.297 e. The molecule has 3 rings (SSSR count). The van der Waals surface area contributed by atoms with E-state index in [9.17, 15) is 8.42 Å². The lowest BCUT2D eigenvalue weighted by Crippen LogP contribution is -2.23. The first kappa shape index (κ1) is 11.9. The molecule has 4 heteroatoms. The molecule has 2 bridgehead atoms. The summed E-state index contributed by atoms with van der Waals surface area (Å²) in [6.07, 6.45) is 6.06. The van der Waals surface area contributed by atoms with E-state index >= 15 is 0 Å². The van der Waals surface area contributed by atoms with Crippen molar-refractivity contribution in [3.63, 3.8) is 0 Å². The second-order valence-corrected chi connectivity index (χ2v) is 6.69. The largest absolute Gasteiger partial charge is 0.297 e. The smallest absolute Gasteiger partial charge is 0.262 e. The van der Waals surface area contributed by atoms with Crippen LogP contribution in [-0.2, 0) is 14.3 Å². The third kappa shape index (κ3) is 1.99. The van der Waals surface area contributed by atoms with Crippen LogP contribution >= 0.6 is 0 Å². The number of benzene rings is 1. The van der Waals surface area contributed by atoms with Gasteiger partial charge in [-0.1, -0.05) is 29.8 Å². The van der Waals surface area contributed by atoms with Crippen molar-refractivity contribution in [3.8, 4) is 0 Å². The molecular formula is C14H16O3S.